The Bertz CT molecular complexity index is 225. The number of hydrogen-bond acceptors (Lipinski definition) is 3. The molecule has 1 rings (SSSR count). The summed E-state index contributed by atoms with van der Waals surface area (Å²) in [6.45, 7) is 6.95. The zero-order chi connectivity index (χ0) is 13.1. The van der Waals surface area contributed by atoms with Crippen LogP contribution in [0.3, 0.4) is 0 Å². The molecule has 17 heavy (non-hydrogen) atoms. The molecule has 0 amide bonds. The first kappa shape index (κ1) is 15.2. The van der Waals surface area contributed by atoms with Gasteiger partial charge in [-0.05, 0) is 24.2 Å². The van der Waals surface area contributed by atoms with Crippen LogP contribution in [0.1, 0.15) is 46.5 Å². The van der Waals surface area contributed by atoms with Crippen LogP contribution < -0.4 is 0 Å². The Kier molecular flexibility index (Phi) is 5.19. The van der Waals surface area contributed by atoms with Crippen molar-refractivity contribution in [2.75, 3.05) is 21.3 Å². The van der Waals surface area contributed by atoms with Gasteiger partial charge >= 0.3 is 8.80 Å². The molecule has 3 nitrogen and oxygen atoms in total. The van der Waals surface area contributed by atoms with Gasteiger partial charge in [0, 0.05) is 26.9 Å². The molecule has 0 radical (unpaired) electrons. The van der Waals surface area contributed by atoms with E-state index in [-0.39, 0.29) is 0 Å². The fourth-order valence-electron chi connectivity index (χ4n) is 3.29. The average molecular weight is 260 g/mol. The van der Waals surface area contributed by atoms with Crippen molar-refractivity contribution in [2.24, 2.45) is 11.3 Å². The van der Waals surface area contributed by atoms with Gasteiger partial charge < -0.3 is 13.3 Å². The molecule has 0 aromatic heterocycles. The molecule has 4 heteroatoms. The van der Waals surface area contributed by atoms with E-state index < -0.39 is 8.80 Å². The second-order valence-electron chi connectivity index (χ2n) is 6.08. The van der Waals surface area contributed by atoms with E-state index in [1.165, 1.54) is 25.7 Å². The second kappa shape index (κ2) is 5.82. The Hall–Kier alpha value is 0.0969. The Morgan fingerprint density at radius 2 is 1.35 bits per heavy atom. The molecule has 0 saturated heterocycles. The molecule has 2 unspecified atom stereocenters. The van der Waals surface area contributed by atoms with Gasteiger partial charge in [-0.3, -0.25) is 0 Å². The Labute approximate surface area is 107 Å². The molecule has 0 aromatic rings. The quantitative estimate of drug-likeness (QED) is 0.724. The monoisotopic (exact) mass is 260 g/mol. The molecule has 0 N–H and O–H groups in total. The summed E-state index contributed by atoms with van der Waals surface area (Å²) in [4.78, 5) is 0. The molecule has 1 aliphatic carbocycles. The zero-order valence-electron chi connectivity index (χ0n) is 12.2. The zero-order valence-corrected chi connectivity index (χ0v) is 13.2. The molecule has 102 valence electrons. The van der Waals surface area contributed by atoms with Crippen LogP contribution in [0, 0.1) is 11.3 Å². The van der Waals surface area contributed by atoms with Gasteiger partial charge in [0.05, 0.1) is 0 Å². The summed E-state index contributed by atoms with van der Waals surface area (Å²) in [5.74, 6) is 0.628. The third kappa shape index (κ3) is 3.11. The van der Waals surface area contributed by atoms with E-state index in [9.17, 15) is 0 Å². The summed E-state index contributed by atoms with van der Waals surface area (Å²) in [6, 6.07) is 0. The molecule has 0 heterocycles. The fraction of sp³-hybridized carbons (Fsp3) is 1.00. The molecular weight excluding hydrogens is 232 g/mol. The molecule has 1 fully saturated rings. The van der Waals surface area contributed by atoms with Crippen molar-refractivity contribution >= 4 is 8.80 Å². The Balaban J connectivity index is 2.97. The Morgan fingerprint density at radius 1 is 0.882 bits per heavy atom. The van der Waals surface area contributed by atoms with Crippen molar-refractivity contribution in [3.05, 3.63) is 0 Å². The van der Waals surface area contributed by atoms with Crippen LogP contribution in [0.4, 0.5) is 0 Å². The molecule has 0 bridgehead atoms. The van der Waals surface area contributed by atoms with E-state index in [0.717, 1.165) is 0 Å². The standard InChI is InChI=1S/C13H28O3Si/c1-13(2,3)11-9-7-8-10-12(11)17(14-4,15-5)16-6/h11-12H,7-10H2,1-6H3. The van der Waals surface area contributed by atoms with Crippen molar-refractivity contribution in [1.29, 1.82) is 0 Å². The van der Waals surface area contributed by atoms with Crippen molar-refractivity contribution in [3.63, 3.8) is 0 Å². The summed E-state index contributed by atoms with van der Waals surface area (Å²) in [7, 11) is 2.70. The third-order valence-electron chi connectivity index (χ3n) is 4.19. The minimum Gasteiger partial charge on any atom is -0.377 e. The van der Waals surface area contributed by atoms with Gasteiger partial charge in [-0.15, -0.1) is 0 Å². The van der Waals surface area contributed by atoms with Crippen LogP contribution in [0.25, 0.3) is 0 Å². The van der Waals surface area contributed by atoms with E-state index in [0.29, 0.717) is 16.9 Å². The van der Waals surface area contributed by atoms with Crippen molar-refractivity contribution in [3.8, 4) is 0 Å². The summed E-state index contributed by atoms with van der Waals surface area (Å²) in [5.41, 5.74) is 0.732. The predicted octanol–water partition coefficient (Wildman–Crippen LogP) is 3.47. The van der Waals surface area contributed by atoms with E-state index in [1.54, 1.807) is 21.3 Å². The maximum atomic E-state index is 5.70. The van der Waals surface area contributed by atoms with Gasteiger partial charge in [0.1, 0.15) is 0 Å². The first-order chi connectivity index (χ1) is 7.91. The van der Waals surface area contributed by atoms with Gasteiger partial charge in [-0.25, -0.2) is 0 Å². The van der Waals surface area contributed by atoms with Crippen LogP contribution in [0.5, 0.6) is 0 Å². The second-order valence-corrected chi connectivity index (χ2v) is 9.25. The molecule has 2 atom stereocenters. The first-order valence-electron chi connectivity index (χ1n) is 6.56. The average Bonchev–Trinajstić information content (AvgIpc) is 2.31. The molecular formula is C13H28O3Si. The van der Waals surface area contributed by atoms with Crippen molar-refractivity contribution in [2.45, 2.75) is 52.0 Å². The smallest absolute Gasteiger partial charge is 0.377 e. The van der Waals surface area contributed by atoms with E-state index in [2.05, 4.69) is 20.8 Å². The van der Waals surface area contributed by atoms with E-state index in [1.807, 2.05) is 0 Å². The highest BCUT2D eigenvalue weighted by molar-refractivity contribution is 6.62. The molecule has 0 aliphatic heterocycles. The van der Waals surface area contributed by atoms with E-state index in [4.69, 9.17) is 13.3 Å². The first-order valence-corrected chi connectivity index (χ1v) is 8.37. The molecule has 1 aliphatic rings. The van der Waals surface area contributed by atoms with Gasteiger partial charge in [0.25, 0.3) is 0 Å². The van der Waals surface area contributed by atoms with Crippen LogP contribution in [-0.4, -0.2) is 30.1 Å². The molecule has 1 saturated carbocycles. The third-order valence-corrected chi connectivity index (χ3v) is 7.49. The highest BCUT2D eigenvalue weighted by atomic mass is 28.4. The summed E-state index contributed by atoms with van der Waals surface area (Å²) in [5, 5.41) is 0. The van der Waals surface area contributed by atoms with Crippen molar-refractivity contribution in [1.82, 2.24) is 0 Å². The molecule has 0 spiro atoms. The fourth-order valence-corrected chi connectivity index (χ4v) is 6.42. The van der Waals surface area contributed by atoms with Gasteiger partial charge in [0.15, 0.2) is 0 Å². The SMILES string of the molecule is CO[Si](OC)(OC)C1CCCCC1C(C)(C)C. The minimum atomic E-state index is -2.49. The van der Waals surface area contributed by atoms with Gasteiger partial charge in [0.2, 0.25) is 0 Å². The predicted molar refractivity (Wildman–Crippen MR) is 71.9 cm³/mol. The number of rotatable bonds is 4. The van der Waals surface area contributed by atoms with Crippen LogP contribution in [0.2, 0.25) is 5.54 Å². The number of hydrogen-bond donors (Lipinski definition) is 0. The lowest BCUT2D eigenvalue weighted by atomic mass is 9.72. The van der Waals surface area contributed by atoms with E-state index >= 15 is 0 Å². The molecule has 0 aromatic carbocycles. The topological polar surface area (TPSA) is 27.7 Å². The lowest BCUT2D eigenvalue weighted by molar-refractivity contribution is 0.0675. The normalized spacial score (nSPS) is 27.2. The highest BCUT2D eigenvalue weighted by Crippen LogP contribution is 2.49. The Morgan fingerprint density at radius 3 is 1.76 bits per heavy atom. The van der Waals surface area contributed by atoms with Crippen LogP contribution in [0.15, 0.2) is 0 Å². The summed E-state index contributed by atoms with van der Waals surface area (Å²) < 4.78 is 17.1. The minimum absolute atomic E-state index is 0.291. The lowest BCUT2D eigenvalue weighted by Gasteiger charge is -2.45. The summed E-state index contributed by atoms with van der Waals surface area (Å²) in [6.07, 6.45) is 5.02. The highest BCUT2D eigenvalue weighted by Gasteiger charge is 2.53. The maximum absolute atomic E-state index is 5.70. The van der Waals surface area contributed by atoms with Gasteiger partial charge in [-0.1, -0.05) is 33.6 Å². The van der Waals surface area contributed by atoms with Crippen LogP contribution >= 0.6 is 0 Å². The maximum Gasteiger partial charge on any atom is 0.503 e. The summed E-state index contributed by atoms with van der Waals surface area (Å²) >= 11 is 0. The van der Waals surface area contributed by atoms with Gasteiger partial charge in [-0.2, -0.15) is 0 Å². The van der Waals surface area contributed by atoms with Crippen LogP contribution in [-0.2, 0) is 13.3 Å². The largest absolute Gasteiger partial charge is 0.503 e. The lowest BCUT2D eigenvalue weighted by Crippen LogP contribution is -2.52. The van der Waals surface area contributed by atoms with Crippen molar-refractivity contribution < 1.29 is 13.3 Å².